The molecule has 2 heterocycles. The number of rotatable bonds is 4. The molecule has 2 N–H and O–H groups in total. The van der Waals surface area contributed by atoms with E-state index in [-0.39, 0.29) is 11.9 Å². The number of aliphatic hydroxyl groups is 1. The van der Waals surface area contributed by atoms with E-state index >= 15 is 0 Å². The third-order valence-electron chi connectivity index (χ3n) is 5.53. The maximum atomic E-state index is 12.7. The maximum Gasteiger partial charge on any atom is 0.416 e. The van der Waals surface area contributed by atoms with E-state index in [0.717, 1.165) is 35.5 Å². The second-order valence-corrected chi connectivity index (χ2v) is 8.58. The van der Waals surface area contributed by atoms with Crippen LogP contribution in [0.1, 0.15) is 46.7 Å². The Kier molecular flexibility index (Phi) is 6.48. The number of hydrogen-bond acceptors (Lipinski definition) is 4. The van der Waals surface area contributed by atoms with E-state index < -0.39 is 17.8 Å². The van der Waals surface area contributed by atoms with Crippen molar-refractivity contribution in [2.45, 2.75) is 31.0 Å². The van der Waals surface area contributed by atoms with Gasteiger partial charge in [-0.15, -0.1) is 11.3 Å². The molecular weight excluding hydrogens is 439 g/mol. The molecule has 1 aliphatic heterocycles. The number of urea groups is 1. The molecule has 168 valence electrons. The van der Waals surface area contributed by atoms with Crippen molar-refractivity contribution in [3.63, 3.8) is 0 Å². The molecule has 1 aliphatic rings. The Bertz CT molecular complexity index is 1050. The predicted octanol–water partition coefficient (Wildman–Crippen LogP) is 5.66. The zero-order chi connectivity index (χ0) is 22.7. The molecule has 0 radical (unpaired) electrons. The summed E-state index contributed by atoms with van der Waals surface area (Å²) in [7, 11) is 0. The number of hydrogen-bond donors (Lipinski definition) is 2. The molecule has 4 rings (SSSR count). The van der Waals surface area contributed by atoms with Gasteiger partial charge in [-0.2, -0.15) is 13.2 Å². The number of carbonyl (C=O) groups is 1. The lowest BCUT2D eigenvalue weighted by Crippen LogP contribution is -2.40. The van der Waals surface area contributed by atoms with E-state index in [0.29, 0.717) is 24.5 Å². The number of anilines is 1. The first kappa shape index (κ1) is 22.3. The van der Waals surface area contributed by atoms with Gasteiger partial charge in [-0.3, -0.25) is 0 Å². The number of aromatic nitrogens is 1. The number of piperidine rings is 1. The van der Waals surface area contributed by atoms with Gasteiger partial charge in [0.15, 0.2) is 0 Å². The van der Waals surface area contributed by atoms with Crippen molar-refractivity contribution >= 4 is 23.1 Å². The first-order chi connectivity index (χ1) is 15.3. The van der Waals surface area contributed by atoms with Crippen molar-refractivity contribution < 1.29 is 23.1 Å². The molecule has 0 saturated carbocycles. The van der Waals surface area contributed by atoms with Gasteiger partial charge in [0.1, 0.15) is 6.10 Å². The van der Waals surface area contributed by atoms with Crippen LogP contribution in [0.15, 0.2) is 60.0 Å². The summed E-state index contributed by atoms with van der Waals surface area (Å²) in [5, 5.41) is 16.0. The number of thiazole rings is 1. The zero-order valence-electron chi connectivity index (χ0n) is 17.0. The van der Waals surface area contributed by atoms with E-state index in [1.807, 2.05) is 35.7 Å². The Morgan fingerprint density at radius 3 is 2.38 bits per heavy atom. The molecule has 3 aromatic rings. The van der Waals surface area contributed by atoms with Gasteiger partial charge in [-0.25, -0.2) is 9.78 Å². The summed E-state index contributed by atoms with van der Waals surface area (Å²) < 4.78 is 38.0. The SMILES string of the molecule is O=C(Nc1ccc(C(F)(F)F)cc1)N1CCC(c2nc(C(O)c3ccccc3)cs2)CC1. The molecule has 1 aromatic heterocycles. The van der Waals surface area contributed by atoms with Crippen molar-refractivity contribution in [2.75, 3.05) is 18.4 Å². The van der Waals surface area contributed by atoms with Gasteiger partial charge in [0.05, 0.1) is 16.3 Å². The number of benzene rings is 2. The number of alkyl halides is 3. The largest absolute Gasteiger partial charge is 0.416 e. The lowest BCUT2D eigenvalue weighted by atomic mass is 9.97. The van der Waals surface area contributed by atoms with E-state index in [9.17, 15) is 23.1 Å². The van der Waals surface area contributed by atoms with Gasteiger partial charge in [0.25, 0.3) is 0 Å². The van der Waals surface area contributed by atoms with Crippen molar-refractivity contribution in [3.05, 3.63) is 81.8 Å². The number of nitrogens with zero attached hydrogens (tertiary/aromatic N) is 2. The number of carbonyl (C=O) groups excluding carboxylic acids is 1. The quantitative estimate of drug-likeness (QED) is 0.527. The normalized spacial score (nSPS) is 16.1. The summed E-state index contributed by atoms with van der Waals surface area (Å²) in [5.41, 5.74) is 0.985. The summed E-state index contributed by atoms with van der Waals surface area (Å²) in [6.07, 6.45) is -3.71. The molecule has 0 aliphatic carbocycles. The van der Waals surface area contributed by atoms with Crippen LogP contribution in [-0.2, 0) is 6.18 Å². The van der Waals surface area contributed by atoms with Crippen molar-refractivity contribution in [2.24, 2.45) is 0 Å². The van der Waals surface area contributed by atoms with Crippen LogP contribution in [0, 0.1) is 0 Å². The molecule has 2 amide bonds. The van der Waals surface area contributed by atoms with Gasteiger partial charge in [-0.05, 0) is 42.7 Å². The van der Waals surface area contributed by atoms with Crippen LogP contribution < -0.4 is 5.32 Å². The van der Waals surface area contributed by atoms with Gasteiger partial charge in [-0.1, -0.05) is 30.3 Å². The molecular formula is C23H22F3N3O2S. The van der Waals surface area contributed by atoms with E-state index in [2.05, 4.69) is 10.3 Å². The number of halogens is 3. The summed E-state index contributed by atoms with van der Waals surface area (Å²) in [6, 6.07) is 13.4. The molecule has 32 heavy (non-hydrogen) atoms. The zero-order valence-corrected chi connectivity index (χ0v) is 17.9. The molecule has 0 bridgehead atoms. The van der Waals surface area contributed by atoms with Gasteiger partial charge < -0.3 is 15.3 Å². The van der Waals surface area contributed by atoms with Crippen LogP contribution in [0.2, 0.25) is 0 Å². The molecule has 1 unspecified atom stereocenters. The van der Waals surface area contributed by atoms with Crippen LogP contribution in [-0.4, -0.2) is 34.1 Å². The highest BCUT2D eigenvalue weighted by molar-refractivity contribution is 7.09. The summed E-state index contributed by atoms with van der Waals surface area (Å²) in [4.78, 5) is 18.8. The van der Waals surface area contributed by atoms with Crippen LogP contribution in [0.5, 0.6) is 0 Å². The second kappa shape index (κ2) is 9.30. The summed E-state index contributed by atoms with van der Waals surface area (Å²) in [6.45, 7) is 1.04. The van der Waals surface area contributed by atoms with E-state index in [1.54, 1.807) is 4.90 Å². The highest BCUT2D eigenvalue weighted by Crippen LogP contribution is 2.33. The maximum absolute atomic E-state index is 12.7. The third-order valence-corrected chi connectivity index (χ3v) is 6.56. The molecule has 1 atom stereocenters. The Labute approximate surface area is 187 Å². The summed E-state index contributed by atoms with van der Waals surface area (Å²) in [5.74, 6) is 0.201. The van der Waals surface area contributed by atoms with E-state index in [4.69, 9.17) is 0 Å². The molecule has 0 spiro atoms. The van der Waals surface area contributed by atoms with Crippen LogP contribution >= 0.6 is 11.3 Å². The minimum Gasteiger partial charge on any atom is -0.382 e. The number of nitrogens with one attached hydrogen (secondary N) is 1. The highest BCUT2D eigenvalue weighted by atomic mass is 32.1. The van der Waals surface area contributed by atoms with Gasteiger partial charge in [0, 0.05) is 30.1 Å². The highest BCUT2D eigenvalue weighted by Gasteiger charge is 2.30. The lowest BCUT2D eigenvalue weighted by molar-refractivity contribution is -0.137. The molecule has 2 aromatic carbocycles. The number of likely N-dealkylation sites (tertiary alicyclic amines) is 1. The number of aliphatic hydroxyl groups excluding tert-OH is 1. The Balaban J connectivity index is 1.31. The fourth-order valence-corrected chi connectivity index (χ4v) is 4.70. The Morgan fingerprint density at radius 1 is 1.09 bits per heavy atom. The smallest absolute Gasteiger partial charge is 0.382 e. The Hall–Kier alpha value is -2.91. The fourth-order valence-electron chi connectivity index (χ4n) is 3.69. The van der Waals surface area contributed by atoms with Gasteiger partial charge >= 0.3 is 12.2 Å². The predicted molar refractivity (Wildman–Crippen MR) is 117 cm³/mol. The molecule has 1 saturated heterocycles. The van der Waals surface area contributed by atoms with Gasteiger partial charge in [0.2, 0.25) is 0 Å². The lowest BCUT2D eigenvalue weighted by Gasteiger charge is -2.31. The fraction of sp³-hybridized carbons (Fsp3) is 0.304. The standard InChI is InChI=1S/C23H22F3N3O2S/c24-23(25,26)17-6-8-18(9-7-17)27-22(31)29-12-10-16(11-13-29)21-28-19(14-32-21)20(30)15-4-2-1-3-5-15/h1-9,14,16,20,30H,10-13H2,(H,27,31). The topological polar surface area (TPSA) is 65.5 Å². The second-order valence-electron chi connectivity index (χ2n) is 7.69. The monoisotopic (exact) mass is 461 g/mol. The van der Waals surface area contributed by atoms with Crippen molar-refractivity contribution in [1.82, 2.24) is 9.88 Å². The molecule has 5 nitrogen and oxygen atoms in total. The Morgan fingerprint density at radius 2 is 1.75 bits per heavy atom. The van der Waals surface area contributed by atoms with Crippen molar-refractivity contribution in [1.29, 1.82) is 0 Å². The van der Waals surface area contributed by atoms with Crippen molar-refractivity contribution in [3.8, 4) is 0 Å². The molecule has 9 heteroatoms. The first-order valence-corrected chi connectivity index (χ1v) is 11.1. The number of amides is 2. The van der Waals surface area contributed by atoms with E-state index in [1.165, 1.54) is 23.5 Å². The van der Waals surface area contributed by atoms with Crippen LogP contribution in [0.25, 0.3) is 0 Å². The van der Waals surface area contributed by atoms with Crippen LogP contribution in [0.3, 0.4) is 0 Å². The van der Waals surface area contributed by atoms with Crippen LogP contribution in [0.4, 0.5) is 23.7 Å². The summed E-state index contributed by atoms with van der Waals surface area (Å²) >= 11 is 1.51. The average Bonchev–Trinajstić information content (AvgIpc) is 3.29. The third kappa shape index (κ3) is 5.11. The molecule has 1 fully saturated rings. The average molecular weight is 462 g/mol. The first-order valence-electron chi connectivity index (χ1n) is 10.2. The minimum absolute atomic E-state index is 0.201. The minimum atomic E-state index is -4.41.